The number of hydrogen-bond donors (Lipinski definition) is 0. The van der Waals surface area contributed by atoms with Crippen LogP contribution in [0.1, 0.15) is 32.3 Å². The molecule has 1 aromatic rings. The van der Waals surface area contributed by atoms with Crippen molar-refractivity contribution in [1.29, 1.82) is 0 Å². The number of aromatic nitrogens is 1. The fourth-order valence-electron chi connectivity index (χ4n) is 1.83. The highest BCUT2D eigenvalue weighted by Crippen LogP contribution is 2.11. The molecule has 3 heteroatoms. The first-order valence-electron chi connectivity index (χ1n) is 6.43. The van der Waals surface area contributed by atoms with Crippen LogP contribution in [0.2, 0.25) is 0 Å². The summed E-state index contributed by atoms with van der Waals surface area (Å²) < 4.78 is 0. The van der Waals surface area contributed by atoms with Gasteiger partial charge in [-0.15, -0.1) is 11.6 Å². The molecule has 1 unspecified atom stereocenters. The highest BCUT2D eigenvalue weighted by atomic mass is 35.5. The second-order valence-corrected chi connectivity index (χ2v) is 4.97. The van der Waals surface area contributed by atoms with Gasteiger partial charge in [0.15, 0.2) is 0 Å². The van der Waals surface area contributed by atoms with Crippen molar-refractivity contribution in [3.63, 3.8) is 0 Å². The van der Waals surface area contributed by atoms with E-state index in [0.29, 0.717) is 0 Å². The van der Waals surface area contributed by atoms with Crippen LogP contribution in [-0.4, -0.2) is 28.9 Å². The zero-order valence-electron chi connectivity index (χ0n) is 10.9. The minimum atomic E-state index is 0.721. The van der Waals surface area contributed by atoms with Crippen molar-refractivity contribution >= 4 is 11.6 Å². The first kappa shape index (κ1) is 14.5. The van der Waals surface area contributed by atoms with Gasteiger partial charge in [0.1, 0.15) is 0 Å². The Bertz CT molecular complexity index is 290. The summed E-state index contributed by atoms with van der Waals surface area (Å²) in [5.41, 5.74) is 1.34. The average Bonchev–Trinajstić information content (AvgIpc) is 2.36. The van der Waals surface area contributed by atoms with E-state index in [9.17, 15) is 0 Å². The molecule has 17 heavy (non-hydrogen) atoms. The third kappa shape index (κ3) is 6.04. The zero-order chi connectivity index (χ0) is 12.5. The molecule has 0 aliphatic heterocycles. The number of hydrogen-bond acceptors (Lipinski definition) is 2. The molecule has 1 aromatic heterocycles. The second kappa shape index (κ2) is 8.48. The van der Waals surface area contributed by atoms with E-state index in [1.54, 1.807) is 0 Å². The highest BCUT2D eigenvalue weighted by Gasteiger charge is 2.07. The van der Waals surface area contributed by atoms with E-state index in [-0.39, 0.29) is 0 Å². The van der Waals surface area contributed by atoms with Crippen LogP contribution >= 0.6 is 11.6 Å². The van der Waals surface area contributed by atoms with Gasteiger partial charge in [-0.2, -0.15) is 0 Å². The minimum Gasteiger partial charge on any atom is -0.299 e. The van der Waals surface area contributed by atoms with Gasteiger partial charge in [-0.05, 0) is 49.5 Å². The molecular formula is C14H23ClN2. The van der Waals surface area contributed by atoms with E-state index in [1.807, 2.05) is 12.4 Å². The van der Waals surface area contributed by atoms with Crippen LogP contribution in [0.5, 0.6) is 0 Å². The molecule has 0 N–H and O–H groups in total. The van der Waals surface area contributed by atoms with Crippen molar-refractivity contribution in [1.82, 2.24) is 9.88 Å². The summed E-state index contributed by atoms with van der Waals surface area (Å²) in [4.78, 5) is 6.52. The quantitative estimate of drug-likeness (QED) is 0.660. The molecule has 0 aromatic carbocycles. The summed E-state index contributed by atoms with van der Waals surface area (Å²) in [7, 11) is 0. The monoisotopic (exact) mass is 254 g/mol. The van der Waals surface area contributed by atoms with E-state index >= 15 is 0 Å². The van der Waals surface area contributed by atoms with Crippen LogP contribution in [0, 0.1) is 5.92 Å². The summed E-state index contributed by atoms with van der Waals surface area (Å²) in [6.07, 6.45) is 6.07. The van der Waals surface area contributed by atoms with Gasteiger partial charge in [0.05, 0.1) is 0 Å². The third-order valence-corrected chi connectivity index (χ3v) is 3.36. The number of nitrogens with zero attached hydrogens (tertiary/aromatic N) is 2. The Kier molecular flexibility index (Phi) is 7.22. The maximum atomic E-state index is 5.75. The standard InChI is InChI=1S/C14H23ClN2/c1-3-17(11-7-13(2)4-8-15)12-14-5-9-16-10-6-14/h5-6,9-10,13H,3-4,7-8,11-12H2,1-2H3. The van der Waals surface area contributed by atoms with E-state index in [2.05, 4.69) is 35.9 Å². The van der Waals surface area contributed by atoms with Crippen LogP contribution in [0.15, 0.2) is 24.5 Å². The number of pyridine rings is 1. The first-order valence-corrected chi connectivity index (χ1v) is 6.97. The highest BCUT2D eigenvalue weighted by molar-refractivity contribution is 6.17. The van der Waals surface area contributed by atoms with Crippen molar-refractivity contribution < 1.29 is 0 Å². The van der Waals surface area contributed by atoms with Crippen LogP contribution in [-0.2, 0) is 6.54 Å². The smallest absolute Gasteiger partial charge is 0.0271 e. The topological polar surface area (TPSA) is 16.1 Å². The Balaban J connectivity index is 2.34. The lowest BCUT2D eigenvalue weighted by atomic mass is 10.0. The summed E-state index contributed by atoms with van der Waals surface area (Å²) in [5.74, 6) is 1.50. The molecule has 0 aliphatic rings. The molecule has 0 aliphatic carbocycles. The molecule has 0 amide bonds. The molecule has 96 valence electrons. The summed E-state index contributed by atoms with van der Waals surface area (Å²) in [5, 5.41) is 0. The molecule has 0 saturated carbocycles. The van der Waals surface area contributed by atoms with Crippen molar-refractivity contribution in [2.45, 2.75) is 33.2 Å². The van der Waals surface area contributed by atoms with Gasteiger partial charge in [0.2, 0.25) is 0 Å². The van der Waals surface area contributed by atoms with Gasteiger partial charge in [0, 0.05) is 24.8 Å². The molecule has 0 fully saturated rings. The molecule has 1 heterocycles. The Labute approximate surface area is 110 Å². The average molecular weight is 255 g/mol. The molecule has 2 nitrogen and oxygen atoms in total. The third-order valence-electron chi connectivity index (χ3n) is 3.14. The lowest BCUT2D eigenvalue weighted by Crippen LogP contribution is -2.25. The Hall–Kier alpha value is -0.600. The zero-order valence-corrected chi connectivity index (χ0v) is 11.7. The maximum absolute atomic E-state index is 5.75. The minimum absolute atomic E-state index is 0.721. The summed E-state index contributed by atoms with van der Waals surface area (Å²) in [6, 6.07) is 4.18. The van der Waals surface area contributed by atoms with Gasteiger partial charge < -0.3 is 0 Å². The van der Waals surface area contributed by atoms with Gasteiger partial charge in [0.25, 0.3) is 0 Å². The fraction of sp³-hybridized carbons (Fsp3) is 0.643. The van der Waals surface area contributed by atoms with E-state index in [4.69, 9.17) is 11.6 Å². The van der Waals surface area contributed by atoms with Gasteiger partial charge >= 0.3 is 0 Å². The lowest BCUT2D eigenvalue weighted by Gasteiger charge is -2.22. The van der Waals surface area contributed by atoms with Gasteiger partial charge in [-0.3, -0.25) is 9.88 Å². The fourth-order valence-corrected chi connectivity index (χ4v) is 2.20. The summed E-state index contributed by atoms with van der Waals surface area (Å²) >= 11 is 5.75. The predicted molar refractivity (Wildman–Crippen MR) is 74.3 cm³/mol. The van der Waals surface area contributed by atoms with Crippen LogP contribution < -0.4 is 0 Å². The van der Waals surface area contributed by atoms with Crippen molar-refractivity contribution in [2.75, 3.05) is 19.0 Å². The second-order valence-electron chi connectivity index (χ2n) is 4.60. The molecule has 0 saturated heterocycles. The van der Waals surface area contributed by atoms with Crippen LogP contribution in [0.3, 0.4) is 0 Å². The van der Waals surface area contributed by atoms with Crippen LogP contribution in [0.25, 0.3) is 0 Å². The van der Waals surface area contributed by atoms with Crippen molar-refractivity contribution in [2.24, 2.45) is 5.92 Å². The van der Waals surface area contributed by atoms with E-state index < -0.39 is 0 Å². The number of rotatable bonds is 8. The molecule has 0 radical (unpaired) electrons. The molecule has 1 atom stereocenters. The van der Waals surface area contributed by atoms with Crippen molar-refractivity contribution in [3.05, 3.63) is 30.1 Å². The summed E-state index contributed by atoms with van der Waals surface area (Å²) in [6.45, 7) is 7.76. The maximum Gasteiger partial charge on any atom is 0.0271 e. The van der Waals surface area contributed by atoms with Gasteiger partial charge in [-0.25, -0.2) is 0 Å². The Morgan fingerprint density at radius 2 is 2.00 bits per heavy atom. The SMILES string of the molecule is CCN(CCC(C)CCCl)Cc1ccncc1. The molecule has 0 spiro atoms. The van der Waals surface area contributed by atoms with Crippen molar-refractivity contribution in [3.8, 4) is 0 Å². The normalized spacial score (nSPS) is 12.9. The largest absolute Gasteiger partial charge is 0.299 e. The number of halogens is 1. The van der Waals surface area contributed by atoms with Crippen LogP contribution in [0.4, 0.5) is 0 Å². The van der Waals surface area contributed by atoms with E-state index in [1.165, 1.54) is 12.0 Å². The number of alkyl halides is 1. The lowest BCUT2D eigenvalue weighted by molar-refractivity contribution is 0.257. The molecule has 0 bridgehead atoms. The van der Waals surface area contributed by atoms with E-state index in [0.717, 1.165) is 37.9 Å². The Morgan fingerprint density at radius 1 is 1.29 bits per heavy atom. The first-order chi connectivity index (χ1) is 8.26. The predicted octanol–water partition coefficient (Wildman–Crippen LogP) is 3.56. The molecule has 1 rings (SSSR count). The Morgan fingerprint density at radius 3 is 2.59 bits per heavy atom. The molecular weight excluding hydrogens is 232 g/mol. The van der Waals surface area contributed by atoms with Gasteiger partial charge in [-0.1, -0.05) is 13.8 Å².